The molecule has 1 saturated carbocycles. The third kappa shape index (κ3) is 3.54. The average molecular weight is 274 g/mol. The van der Waals surface area contributed by atoms with Crippen molar-refractivity contribution in [1.29, 1.82) is 0 Å². The Morgan fingerprint density at radius 1 is 1.40 bits per heavy atom. The van der Waals surface area contributed by atoms with Gasteiger partial charge >= 0.3 is 5.97 Å². The van der Waals surface area contributed by atoms with Crippen LogP contribution in [0.1, 0.15) is 48.0 Å². The predicted octanol–water partition coefficient (Wildman–Crippen LogP) is 4.13. The normalized spacial score (nSPS) is 25.4. The zero-order valence-corrected chi connectivity index (χ0v) is 13.5. The molecule has 20 heavy (non-hydrogen) atoms. The van der Waals surface area contributed by atoms with Crippen LogP contribution in [0.3, 0.4) is 0 Å². The molecule has 0 unspecified atom stereocenters. The maximum absolute atomic E-state index is 12.3. The lowest BCUT2D eigenvalue weighted by atomic mass is 10.1. The summed E-state index contributed by atoms with van der Waals surface area (Å²) in [5, 5.41) is 0. The van der Waals surface area contributed by atoms with Crippen LogP contribution in [0.5, 0.6) is 0 Å². The molecule has 1 aliphatic rings. The molecule has 0 N–H and O–H groups in total. The molecule has 0 spiro atoms. The van der Waals surface area contributed by atoms with Gasteiger partial charge in [0.15, 0.2) is 6.10 Å². The Morgan fingerprint density at radius 3 is 2.45 bits per heavy atom. The summed E-state index contributed by atoms with van der Waals surface area (Å²) < 4.78 is 5.51. The second-order valence-corrected chi connectivity index (χ2v) is 6.41. The SMILES string of the molecule is C#C[C@@H](OC(=O)[C@@H]1[C@H](C=C(C)C)C1(C)C)/C(C)=C/CC. The predicted molar refractivity (Wildman–Crippen MR) is 83.0 cm³/mol. The van der Waals surface area contributed by atoms with Gasteiger partial charge in [-0.15, -0.1) is 6.42 Å². The average Bonchev–Trinajstić information content (AvgIpc) is 2.86. The number of rotatable bonds is 5. The maximum Gasteiger partial charge on any atom is 0.311 e. The summed E-state index contributed by atoms with van der Waals surface area (Å²) in [7, 11) is 0. The topological polar surface area (TPSA) is 26.3 Å². The molecule has 2 nitrogen and oxygen atoms in total. The lowest BCUT2D eigenvalue weighted by molar-refractivity contribution is -0.147. The van der Waals surface area contributed by atoms with E-state index < -0.39 is 6.10 Å². The number of carbonyl (C=O) groups is 1. The van der Waals surface area contributed by atoms with Crippen LogP contribution in [-0.2, 0) is 9.53 Å². The molecule has 0 aromatic rings. The van der Waals surface area contributed by atoms with Gasteiger partial charge in [0, 0.05) is 0 Å². The Balaban J connectivity index is 2.76. The largest absolute Gasteiger partial charge is 0.444 e. The van der Waals surface area contributed by atoms with Crippen LogP contribution in [0, 0.1) is 29.6 Å². The molecule has 1 rings (SSSR count). The van der Waals surface area contributed by atoms with E-state index in [1.807, 2.05) is 19.9 Å². The molecule has 0 aromatic carbocycles. The summed E-state index contributed by atoms with van der Waals surface area (Å²) in [6, 6.07) is 0. The molecule has 1 aliphatic carbocycles. The number of esters is 1. The van der Waals surface area contributed by atoms with Crippen LogP contribution in [0.4, 0.5) is 0 Å². The van der Waals surface area contributed by atoms with Crippen molar-refractivity contribution in [1.82, 2.24) is 0 Å². The third-order valence-corrected chi connectivity index (χ3v) is 4.00. The summed E-state index contributed by atoms with van der Waals surface area (Å²) in [5.74, 6) is 2.56. The first-order chi connectivity index (χ1) is 9.25. The van der Waals surface area contributed by atoms with E-state index in [0.717, 1.165) is 12.0 Å². The van der Waals surface area contributed by atoms with Gasteiger partial charge in [-0.05, 0) is 44.1 Å². The number of hydrogen-bond acceptors (Lipinski definition) is 2. The quantitative estimate of drug-likeness (QED) is 0.428. The van der Waals surface area contributed by atoms with Crippen molar-refractivity contribution < 1.29 is 9.53 Å². The van der Waals surface area contributed by atoms with Crippen LogP contribution >= 0.6 is 0 Å². The van der Waals surface area contributed by atoms with Gasteiger partial charge in [0.2, 0.25) is 0 Å². The molecule has 0 bridgehead atoms. The van der Waals surface area contributed by atoms with E-state index in [1.165, 1.54) is 5.57 Å². The molecular weight excluding hydrogens is 248 g/mol. The van der Waals surface area contributed by atoms with E-state index >= 15 is 0 Å². The Morgan fingerprint density at radius 2 is 2.00 bits per heavy atom. The fourth-order valence-electron chi connectivity index (χ4n) is 2.67. The molecule has 0 aliphatic heterocycles. The third-order valence-electron chi connectivity index (χ3n) is 4.00. The lowest BCUT2D eigenvalue weighted by Gasteiger charge is -2.13. The monoisotopic (exact) mass is 274 g/mol. The van der Waals surface area contributed by atoms with E-state index in [-0.39, 0.29) is 23.2 Å². The number of allylic oxidation sites excluding steroid dienone is 3. The van der Waals surface area contributed by atoms with Crippen LogP contribution < -0.4 is 0 Å². The standard InChI is InChI=1S/C18H26O2/c1-8-10-13(5)15(9-2)20-17(19)16-14(11-12(3)4)18(16,6)7/h2,10-11,14-16H,8H2,1,3-7H3/b13-10+/t14-,15+,16-/m0/s1. The molecule has 0 amide bonds. The van der Waals surface area contributed by atoms with Crippen molar-refractivity contribution in [2.75, 3.05) is 0 Å². The highest BCUT2D eigenvalue weighted by atomic mass is 16.5. The van der Waals surface area contributed by atoms with E-state index in [1.54, 1.807) is 0 Å². The molecule has 1 fully saturated rings. The Hall–Kier alpha value is -1.49. The minimum Gasteiger partial charge on any atom is -0.444 e. The van der Waals surface area contributed by atoms with Gasteiger partial charge in [-0.2, -0.15) is 0 Å². The fourth-order valence-corrected chi connectivity index (χ4v) is 2.67. The number of hydrogen-bond donors (Lipinski definition) is 0. The molecular formula is C18H26O2. The molecule has 0 radical (unpaired) electrons. The lowest BCUT2D eigenvalue weighted by Crippen LogP contribution is -2.20. The van der Waals surface area contributed by atoms with Gasteiger partial charge in [-0.3, -0.25) is 4.79 Å². The summed E-state index contributed by atoms with van der Waals surface area (Å²) in [5.41, 5.74) is 2.13. The number of terminal acetylenes is 1. The molecule has 3 atom stereocenters. The van der Waals surface area contributed by atoms with Crippen molar-refractivity contribution >= 4 is 5.97 Å². The second-order valence-electron chi connectivity index (χ2n) is 6.41. The first-order valence-electron chi connectivity index (χ1n) is 7.24. The van der Waals surface area contributed by atoms with Gasteiger partial charge in [-0.1, -0.05) is 44.4 Å². The van der Waals surface area contributed by atoms with Crippen LogP contribution in [-0.4, -0.2) is 12.1 Å². The first-order valence-corrected chi connectivity index (χ1v) is 7.24. The minimum atomic E-state index is -0.536. The van der Waals surface area contributed by atoms with Crippen molar-refractivity contribution in [2.24, 2.45) is 17.3 Å². The summed E-state index contributed by atoms with van der Waals surface area (Å²) in [6.45, 7) is 12.2. The summed E-state index contributed by atoms with van der Waals surface area (Å²) >= 11 is 0. The summed E-state index contributed by atoms with van der Waals surface area (Å²) in [6.07, 6.45) is 9.99. The van der Waals surface area contributed by atoms with Crippen molar-refractivity contribution in [3.63, 3.8) is 0 Å². The smallest absolute Gasteiger partial charge is 0.311 e. The van der Waals surface area contributed by atoms with Crippen LogP contribution in [0.25, 0.3) is 0 Å². The number of carbonyl (C=O) groups excluding carboxylic acids is 1. The van der Waals surface area contributed by atoms with Crippen molar-refractivity contribution in [3.8, 4) is 12.3 Å². The Kier molecular flexibility index (Phi) is 5.22. The highest BCUT2D eigenvalue weighted by molar-refractivity contribution is 5.79. The van der Waals surface area contributed by atoms with Crippen molar-refractivity contribution in [2.45, 2.75) is 54.1 Å². The Bertz CT molecular complexity index is 470. The Labute approximate surface area is 123 Å². The van der Waals surface area contributed by atoms with E-state index in [4.69, 9.17) is 11.2 Å². The van der Waals surface area contributed by atoms with E-state index in [0.29, 0.717) is 0 Å². The molecule has 0 aromatic heterocycles. The van der Waals surface area contributed by atoms with E-state index in [2.05, 4.69) is 39.7 Å². The van der Waals surface area contributed by atoms with Crippen molar-refractivity contribution in [3.05, 3.63) is 23.3 Å². The van der Waals surface area contributed by atoms with Gasteiger partial charge in [0.05, 0.1) is 5.92 Å². The molecule has 110 valence electrons. The second kappa shape index (κ2) is 6.31. The highest BCUT2D eigenvalue weighted by Crippen LogP contribution is 2.59. The number of ether oxygens (including phenoxy) is 1. The molecule has 2 heteroatoms. The van der Waals surface area contributed by atoms with Crippen LogP contribution in [0.2, 0.25) is 0 Å². The van der Waals surface area contributed by atoms with Gasteiger partial charge in [0.1, 0.15) is 0 Å². The summed E-state index contributed by atoms with van der Waals surface area (Å²) in [4.78, 5) is 12.3. The van der Waals surface area contributed by atoms with Gasteiger partial charge in [-0.25, -0.2) is 0 Å². The highest BCUT2D eigenvalue weighted by Gasteiger charge is 2.61. The van der Waals surface area contributed by atoms with Gasteiger partial charge in [0.25, 0.3) is 0 Å². The fraction of sp³-hybridized carbons (Fsp3) is 0.611. The zero-order valence-electron chi connectivity index (χ0n) is 13.5. The van der Waals surface area contributed by atoms with Crippen LogP contribution in [0.15, 0.2) is 23.3 Å². The minimum absolute atomic E-state index is 0.0319. The zero-order chi connectivity index (χ0) is 15.5. The van der Waals surface area contributed by atoms with Gasteiger partial charge < -0.3 is 4.74 Å². The molecule has 0 heterocycles. The molecule has 0 saturated heterocycles. The van der Waals surface area contributed by atoms with E-state index in [9.17, 15) is 4.79 Å². The maximum atomic E-state index is 12.3. The first kappa shape index (κ1) is 16.6.